The van der Waals surface area contributed by atoms with E-state index in [9.17, 15) is 9.59 Å². The van der Waals surface area contributed by atoms with Gasteiger partial charge in [-0.15, -0.1) is 0 Å². The molecule has 0 fully saturated rings. The highest BCUT2D eigenvalue weighted by atomic mass is 16.6. The number of carbonyl (C=O) groups is 2. The van der Waals surface area contributed by atoms with E-state index in [4.69, 9.17) is 14.6 Å². The van der Waals surface area contributed by atoms with E-state index in [1.807, 2.05) is 0 Å². The first-order valence-electron chi connectivity index (χ1n) is 4.24. The van der Waals surface area contributed by atoms with E-state index in [1.165, 1.54) is 26.4 Å². The normalized spacial score (nSPS) is 9.38. The van der Waals surface area contributed by atoms with Gasteiger partial charge in [0.05, 0.1) is 14.2 Å². The smallest absolute Gasteiger partial charge is 0.339 e. The summed E-state index contributed by atoms with van der Waals surface area (Å²) in [6.07, 6.45) is 0. The predicted octanol–water partition coefficient (Wildman–Crippen LogP) is 0.937. The van der Waals surface area contributed by atoms with Gasteiger partial charge in [-0.25, -0.2) is 4.79 Å². The van der Waals surface area contributed by atoms with Gasteiger partial charge in [-0.1, -0.05) is 0 Å². The van der Waals surface area contributed by atoms with Gasteiger partial charge in [0.1, 0.15) is 5.56 Å². The molecule has 0 bridgehead atoms. The average Bonchev–Trinajstić information content (AvgIpc) is 2.28. The Morgan fingerprint density at radius 1 is 1.25 bits per heavy atom. The van der Waals surface area contributed by atoms with E-state index >= 15 is 0 Å². The number of rotatable bonds is 5. The summed E-state index contributed by atoms with van der Waals surface area (Å²) >= 11 is 0. The number of ether oxygens (including phenoxy) is 3. The highest BCUT2D eigenvalue weighted by Gasteiger charge is 2.20. The molecule has 0 aromatic heterocycles. The zero-order valence-electron chi connectivity index (χ0n) is 8.72. The van der Waals surface area contributed by atoms with Gasteiger partial charge >= 0.3 is 5.97 Å². The van der Waals surface area contributed by atoms with Crippen LogP contribution in [0.2, 0.25) is 0 Å². The highest BCUT2D eigenvalue weighted by molar-refractivity contribution is 5.92. The third-order valence-electron chi connectivity index (χ3n) is 1.89. The maximum absolute atomic E-state index is 10.9. The highest BCUT2D eigenvalue weighted by Crippen LogP contribution is 2.39. The van der Waals surface area contributed by atoms with Crippen LogP contribution in [0.25, 0.3) is 0 Å². The summed E-state index contributed by atoms with van der Waals surface area (Å²) in [5.74, 6) is -0.990. The summed E-state index contributed by atoms with van der Waals surface area (Å²) in [4.78, 5) is 21.1. The van der Waals surface area contributed by atoms with Crippen LogP contribution >= 0.6 is 0 Å². The summed E-state index contributed by atoms with van der Waals surface area (Å²) in [7, 11) is 2.62. The third kappa shape index (κ3) is 2.05. The summed E-state index contributed by atoms with van der Waals surface area (Å²) in [5, 5.41) is 8.89. The van der Waals surface area contributed by atoms with Crippen molar-refractivity contribution < 1.29 is 28.9 Å². The molecule has 1 aromatic rings. The largest absolute Gasteiger partial charge is 0.492 e. The number of methoxy groups -OCH3 is 2. The van der Waals surface area contributed by atoms with Crippen LogP contribution in [0.4, 0.5) is 0 Å². The van der Waals surface area contributed by atoms with E-state index < -0.39 is 5.97 Å². The lowest BCUT2D eigenvalue weighted by molar-refractivity contribution is -0.120. The fraction of sp³-hybridized carbons (Fsp3) is 0.200. The molecule has 6 heteroatoms. The minimum Gasteiger partial charge on any atom is -0.492 e. The molecule has 86 valence electrons. The summed E-state index contributed by atoms with van der Waals surface area (Å²) < 4.78 is 14.5. The second-order valence-corrected chi connectivity index (χ2v) is 2.70. The molecule has 0 saturated heterocycles. The predicted molar refractivity (Wildman–Crippen MR) is 53.2 cm³/mol. The Morgan fingerprint density at radius 3 is 2.31 bits per heavy atom. The van der Waals surface area contributed by atoms with Gasteiger partial charge < -0.3 is 19.3 Å². The second kappa shape index (κ2) is 5.01. The minimum atomic E-state index is -1.16. The first-order valence-corrected chi connectivity index (χ1v) is 4.24. The van der Waals surface area contributed by atoms with Crippen molar-refractivity contribution in [1.82, 2.24) is 0 Å². The average molecular weight is 226 g/mol. The molecule has 16 heavy (non-hydrogen) atoms. The number of aromatic carboxylic acids is 1. The molecule has 1 N–H and O–H groups in total. The van der Waals surface area contributed by atoms with Gasteiger partial charge in [0.15, 0.2) is 11.5 Å². The lowest BCUT2D eigenvalue weighted by Gasteiger charge is -2.12. The first-order chi connectivity index (χ1) is 7.65. The van der Waals surface area contributed by atoms with Crippen molar-refractivity contribution in [3.8, 4) is 17.2 Å². The van der Waals surface area contributed by atoms with Crippen LogP contribution in [-0.4, -0.2) is 31.8 Å². The zero-order valence-corrected chi connectivity index (χ0v) is 8.72. The Morgan fingerprint density at radius 2 is 1.88 bits per heavy atom. The molecule has 1 rings (SSSR count). The van der Waals surface area contributed by atoms with Crippen LogP contribution in [0.5, 0.6) is 17.2 Å². The molecule has 0 atom stereocenters. The Balaban J connectivity index is 3.39. The van der Waals surface area contributed by atoms with Crippen molar-refractivity contribution in [2.75, 3.05) is 14.2 Å². The van der Waals surface area contributed by atoms with Gasteiger partial charge in [-0.2, -0.15) is 0 Å². The SMILES string of the molecule is COc1c(OC=O)ccc(C(=O)O)c1OC. The molecule has 0 heterocycles. The lowest BCUT2D eigenvalue weighted by Crippen LogP contribution is -2.04. The van der Waals surface area contributed by atoms with Crippen LogP contribution in [0, 0.1) is 0 Å². The van der Waals surface area contributed by atoms with Crippen LogP contribution in [0.15, 0.2) is 12.1 Å². The van der Waals surface area contributed by atoms with Gasteiger partial charge in [-0.05, 0) is 12.1 Å². The Bertz CT molecular complexity index is 412. The number of carbonyl (C=O) groups excluding carboxylic acids is 1. The number of carboxylic acid groups (broad SMARTS) is 1. The van der Waals surface area contributed by atoms with Crippen molar-refractivity contribution >= 4 is 12.4 Å². The summed E-state index contributed by atoms with van der Waals surface area (Å²) in [6, 6.07) is 2.59. The quantitative estimate of drug-likeness (QED) is 0.752. The molecule has 6 nitrogen and oxygen atoms in total. The molecule has 0 spiro atoms. The number of carboxylic acids is 1. The monoisotopic (exact) mass is 226 g/mol. The molecule has 0 aliphatic rings. The Kier molecular flexibility index (Phi) is 3.71. The van der Waals surface area contributed by atoms with E-state index in [1.54, 1.807) is 0 Å². The minimum absolute atomic E-state index is 0.00866. The van der Waals surface area contributed by atoms with E-state index in [0.29, 0.717) is 0 Å². The van der Waals surface area contributed by atoms with Crippen molar-refractivity contribution in [2.45, 2.75) is 0 Å². The summed E-state index contributed by atoms with van der Waals surface area (Å²) in [6.45, 7) is 0.220. The lowest BCUT2D eigenvalue weighted by atomic mass is 10.1. The standard InChI is InChI=1S/C10H10O6/c1-14-8-6(10(12)13)3-4-7(16-5-11)9(8)15-2/h3-5H,1-2H3,(H,12,13). The summed E-state index contributed by atoms with van der Waals surface area (Å²) in [5.41, 5.74) is -0.0717. The van der Waals surface area contributed by atoms with Crippen LogP contribution in [0.1, 0.15) is 10.4 Å². The molecule has 0 radical (unpaired) electrons. The molecule has 0 saturated carbocycles. The van der Waals surface area contributed by atoms with Crippen LogP contribution in [-0.2, 0) is 4.79 Å². The number of hydrogen-bond donors (Lipinski definition) is 1. The first kappa shape index (κ1) is 11.8. The van der Waals surface area contributed by atoms with E-state index in [0.717, 1.165) is 0 Å². The van der Waals surface area contributed by atoms with Gasteiger partial charge in [0.2, 0.25) is 5.75 Å². The van der Waals surface area contributed by atoms with Crippen molar-refractivity contribution in [3.05, 3.63) is 17.7 Å². The van der Waals surface area contributed by atoms with Crippen molar-refractivity contribution in [1.29, 1.82) is 0 Å². The van der Waals surface area contributed by atoms with E-state index in [-0.39, 0.29) is 29.3 Å². The molecule has 0 aliphatic carbocycles. The van der Waals surface area contributed by atoms with Gasteiger partial charge in [-0.3, -0.25) is 4.79 Å². The topological polar surface area (TPSA) is 82.1 Å². The van der Waals surface area contributed by atoms with Crippen molar-refractivity contribution in [2.24, 2.45) is 0 Å². The Hall–Kier alpha value is -2.24. The zero-order chi connectivity index (χ0) is 12.1. The molecular formula is C10H10O6. The number of benzene rings is 1. The second-order valence-electron chi connectivity index (χ2n) is 2.70. The molecule has 0 aliphatic heterocycles. The molecule has 1 aromatic carbocycles. The van der Waals surface area contributed by atoms with E-state index in [2.05, 4.69) is 4.74 Å². The maximum Gasteiger partial charge on any atom is 0.339 e. The maximum atomic E-state index is 10.9. The third-order valence-corrected chi connectivity index (χ3v) is 1.89. The Labute approximate surface area is 91.3 Å². The molecule has 0 unspecified atom stereocenters. The van der Waals surface area contributed by atoms with Gasteiger partial charge in [0.25, 0.3) is 6.47 Å². The molecular weight excluding hydrogens is 216 g/mol. The molecule has 0 amide bonds. The van der Waals surface area contributed by atoms with Crippen molar-refractivity contribution in [3.63, 3.8) is 0 Å². The van der Waals surface area contributed by atoms with Crippen LogP contribution in [0.3, 0.4) is 0 Å². The number of hydrogen-bond acceptors (Lipinski definition) is 5. The van der Waals surface area contributed by atoms with Crippen LogP contribution < -0.4 is 14.2 Å². The fourth-order valence-corrected chi connectivity index (χ4v) is 1.25. The fourth-order valence-electron chi connectivity index (χ4n) is 1.25. The van der Waals surface area contributed by atoms with Gasteiger partial charge in [0, 0.05) is 0 Å².